The molecule has 0 aliphatic heterocycles. The van der Waals surface area contributed by atoms with E-state index in [2.05, 4.69) is 5.32 Å². The molecule has 0 spiro atoms. The van der Waals surface area contributed by atoms with Crippen molar-refractivity contribution < 1.29 is 8.78 Å². The first-order valence-corrected chi connectivity index (χ1v) is 7.33. The van der Waals surface area contributed by atoms with Gasteiger partial charge in [0.15, 0.2) is 11.6 Å². The molecule has 0 bridgehead atoms. The predicted molar refractivity (Wildman–Crippen MR) is 74.0 cm³/mol. The van der Waals surface area contributed by atoms with E-state index in [1.165, 1.54) is 44.6 Å². The normalized spacial score (nSPS) is 19.1. The van der Waals surface area contributed by atoms with Crippen molar-refractivity contribution in [2.75, 3.05) is 7.05 Å². The van der Waals surface area contributed by atoms with E-state index in [1.54, 1.807) is 12.1 Å². The van der Waals surface area contributed by atoms with Gasteiger partial charge < -0.3 is 5.32 Å². The Morgan fingerprint density at radius 1 is 1.16 bits per heavy atom. The van der Waals surface area contributed by atoms with Crippen LogP contribution in [0.5, 0.6) is 0 Å². The van der Waals surface area contributed by atoms with Gasteiger partial charge in [0.2, 0.25) is 0 Å². The molecule has 19 heavy (non-hydrogen) atoms. The Bertz CT molecular complexity index is 398. The molecule has 1 saturated carbocycles. The Hall–Kier alpha value is -0.960. The fourth-order valence-electron chi connectivity index (χ4n) is 3.12. The van der Waals surface area contributed by atoms with E-state index >= 15 is 0 Å². The van der Waals surface area contributed by atoms with E-state index in [0.29, 0.717) is 11.5 Å². The molecule has 1 aliphatic rings. The summed E-state index contributed by atoms with van der Waals surface area (Å²) < 4.78 is 27.2. The maximum atomic E-state index is 13.9. The number of hydrogen-bond acceptors (Lipinski definition) is 1. The molecule has 2 rings (SSSR count). The van der Waals surface area contributed by atoms with E-state index in [4.69, 9.17) is 0 Å². The number of hydrogen-bond donors (Lipinski definition) is 1. The molecule has 1 unspecified atom stereocenters. The number of rotatable bonds is 4. The summed E-state index contributed by atoms with van der Waals surface area (Å²) >= 11 is 0. The zero-order chi connectivity index (χ0) is 13.7. The largest absolute Gasteiger partial charge is 0.313 e. The summed E-state index contributed by atoms with van der Waals surface area (Å²) in [5.41, 5.74) is 0.465. The molecule has 106 valence electrons. The second-order valence-corrected chi connectivity index (χ2v) is 5.58. The van der Waals surface area contributed by atoms with Crippen LogP contribution < -0.4 is 5.32 Å². The van der Waals surface area contributed by atoms with Crippen LogP contribution >= 0.6 is 0 Å². The molecule has 0 amide bonds. The summed E-state index contributed by atoms with van der Waals surface area (Å²) in [5, 5.41) is 3.15. The lowest BCUT2D eigenvalue weighted by atomic mass is 9.89. The molecule has 1 nitrogen and oxygen atoms in total. The van der Waals surface area contributed by atoms with Crippen LogP contribution in [0.4, 0.5) is 8.78 Å². The van der Waals surface area contributed by atoms with Gasteiger partial charge in [0.1, 0.15) is 0 Å². The Kier molecular flexibility index (Phi) is 5.32. The zero-order valence-electron chi connectivity index (χ0n) is 11.6. The number of nitrogens with one attached hydrogen (secondary N) is 1. The van der Waals surface area contributed by atoms with Crippen molar-refractivity contribution in [3.63, 3.8) is 0 Å². The van der Waals surface area contributed by atoms with Crippen LogP contribution in [0.2, 0.25) is 0 Å². The van der Waals surface area contributed by atoms with Crippen LogP contribution in [0.15, 0.2) is 18.2 Å². The second kappa shape index (κ2) is 6.99. The molecule has 0 heterocycles. The number of halogens is 2. The summed E-state index contributed by atoms with van der Waals surface area (Å²) in [6.07, 6.45) is 8.50. The molecular weight excluding hydrogens is 244 g/mol. The molecule has 0 aromatic heterocycles. The smallest absolute Gasteiger partial charge is 0.163 e. The summed E-state index contributed by atoms with van der Waals surface area (Å²) in [6, 6.07) is 4.37. The summed E-state index contributed by atoms with van der Waals surface area (Å²) in [7, 11) is 1.83. The fraction of sp³-hybridized carbons (Fsp3) is 0.625. The van der Waals surface area contributed by atoms with Gasteiger partial charge in [-0.3, -0.25) is 0 Å². The molecule has 1 atom stereocenters. The highest BCUT2D eigenvalue weighted by molar-refractivity contribution is 5.22. The van der Waals surface area contributed by atoms with Crippen LogP contribution in [-0.4, -0.2) is 7.05 Å². The first kappa shape index (κ1) is 14.4. The van der Waals surface area contributed by atoms with Gasteiger partial charge in [-0.25, -0.2) is 8.78 Å². The lowest BCUT2D eigenvalue weighted by molar-refractivity contribution is 0.358. The van der Waals surface area contributed by atoms with Gasteiger partial charge in [-0.05, 0) is 25.5 Å². The maximum absolute atomic E-state index is 13.9. The van der Waals surface area contributed by atoms with Crippen LogP contribution in [-0.2, 0) is 0 Å². The van der Waals surface area contributed by atoms with E-state index in [1.807, 2.05) is 7.05 Å². The first-order chi connectivity index (χ1) is 9.22. The maximum Gasteiger partial charge on any atom is 0.163 e. The lowest BCUT2D eigenvalue weighted by Crippen LogP contribution is -2.21. The van der Waals surface area contributed by atoms with Gasteiger partial charge in [0.25, 0.3) is 0 Å². The van der Waals surface area contributed by atoms with Crippen molar-refractivity contribution in [3.05, 3.63) is 35.4 Å². The number of benzene rings is 1. The fourth-order valence-corrected chi connectivity index (χ4v) is 3.12. The van der Waals surface area contributed by atoms with E-state index in [9.17, 15) is 8.78 Å². The topological polar surface area (TPSA) is 12.0 Å². The Labute approximate surface area is 114 Å². The minimum Gasteiger partial charge on any atom is -0.313 e. The van der Waals surface area contributed by atoms with Crippen molar-refractivity contribution >= 4 is 0 Å². The molecular formula is C16H23F2N. The minimum atomic E-state index is -0.751. The SMILES string of the molecule is CNC(CC1CCCCCC1)c1cccc(F)c1F. The second-order valence-electron chi connectivity index (χ2n) is 5.58. The molecule has 1 aromatic carbocycles. The predicted octanol–water partition coefficient (Wildman–Crippen LogP) is 4.59. The van der Waals surface area contributed by atoms with Gasteiger partial charge in [-0.2, -0.15) is 0 Å². The van der Waals surface area contributed by atoms with Gasteiger partial charge in [-0.1, -0.05) is 50.7 Å². The van der Waals surface area contributed by atoms with Crippen molar-refractivity contribution in [2.45, 2.75) is 51.0 Å². The zero-order valence-corrected chi connectivity index (χ0v) is 11.6. The van der Waals surface area contributed by atoms with Crippen LogP contribution in [0.1, 0.15) is 56.6 Å². The summed E-state index contributed by atoms with van der Waals surface area (Å²) in [4.78, 5) is 0. The van der Waals surface area contributed by atoms with Crippen molar-refractivity contribution in [1.82, 2.24) is 5.32 Å². The third-order valence-electron chi connectivity index (χ3n) is 4.25. The monoisotopic (exact) mass is 267 g/mol. The molecule has 1 fully saturated rings. The lowest BCUT2D eigenvalue weighted by Gasteiger charge is -2.23. The molecule has 1 N–H and O–H groups in total. The van der Waals surface area contributed by atoms with Gasteiger partial charge in [0.05, 0.1) is 0 Å². The average molecular weight is 267 g/mol. The summed E-state index contributed by atoms with van der Waals surface area (Å²) in [6.45, 7) is 0. The highest BCUT2D eigenvalue weighted by Crippen LogP contribution is 2.32. The van der Waals surface area contributed by atoms with Crippen molar-refractivity contribution in [1.29, 1.82) is 0 Å². The van der Waals surface area contributed by atoms with Gasteiger partial charge in [0, 0.05) is 11.6 Å². The Morgan fingerprint density at radius 3 is 2.47 bits per heavy atom. The third-order valence-corrected chi connectivity index (χ3v) is 4.25. The van der Waals surface area contributed by atoms with Crippen LogP contribution in [0.3, 0.4) is 0 Å². The van der Waals surface area contributed by atoms with Gasteiger partial charge >= 0.3 is 0 Å². The third kappa shape index (κ3) is 3.75. The Balaban J connectivity index is 2.08. The highest BCUT2D eigenvalue weighted by Gasteiger charge is 2.21. The molecule has 1 aliphatic carbocycles. The molecule has 3 heteroatoms. The van der Waals surface area contributed by atoms with Crippen LogP contribution in [0, 0.1) is 17.6 Å². The average Bonchev–Trinajstić information content (AvgIpc) is 2.68. The van der Waals surface area contributed by atoms with E-state index in [-0.39, 0.29) is 6.04 Å². The molecule has 0 radical (unpaired) electrons. The van der Waals surface area contributed by atoms with E-state index in [0.717, 1.165) is 6.42 Å². The Morgan fingerprint density at radius 2 is 1.84 bits per heavy atom. The standard InChI is InChI=1S/C16H23F2N/c1-19-15(11-12-7-4-2-3-5-8-12)13-9-6-10-14(17)16(13)18/h6,9-10,12,15,19H,2-5,7-8,11H2,1H3. The van der Waals surface area contributed by atoms with Crippen molar-refractivity contribution in [2.24, 2.45) is 5.92 Å². The first-order valence-electron chi connectivity index (χ1n) is 7.33. The highest BCUT2D eigenvalue weighted by atomic mass is 19.2. The molecule has 1 aromatic rings. The summed E-state index contributed by atoms with van der Waals surface area (Å²) in [5.74, 6) is -0.822. The quantitative estimate of drug-likeness (QED) is 0.787. The molecule has 0 saturated heterocycles. The van der Waals surface area contributed by atoms with Crippen molar-refractivity contribution in [3.8, 4) is 0 Å². The van der Waals surface area contributed by atoms with E-state index < -0.39 is 11.6 Å². The van der Waals surface area contributed by atoms with Gasteiger partial charge in [-0.15, -0.1) is 0 Å². The van der Waals surface area contributed by atoms with Crippen LogP contribution in [0.25, 0.3) is 0 Å². The minimum absolute atomic E-state index is 0.0844.